The summed E-state index contributed by atoms with van der Waals surface area (Å²) in [7, 11) is 0. The summed E-state index contributed by atoms with van der Waals surface area (Å²) in [5.41, 5.74) is 1.06. The zero-order valence-corrected chi connectivity index (χ0v) is 18.8. The van der Waals surface area contributed by atoms with Crippen LogP contribution in [0.4, 0.5) is 0 Å². The monoisotopic (exact) mass is 398 g/mol. The van der Waals surface area contributed by atoms with E-state index in [1.54, 1.807) is 6.20 Å². The molecular weight excluding hydrogens is 360 g/mol. The lowest BCUT2D eigenvalue weighted by Gasteiger charge is -2.60. The van der Waals surface area contributed by atoms with E-state index in [4.69, 9.17) is 0 Å². The van der Waals surface area contributed by atoms with E-state index in [1.165, 1.54) is 19.3 Å². The summed E-state index contributed by atoms with van der Waals surface area (Å²) in [4.78, 5) is 33.4. The number of ketones is 1. The Balaban J connectivity index is 1.62. The van der Waals surface area contributed by atoms with Gasteiger partial charge in [-0.1, -0.05) is 40.5 Å². The van der Waals surface area contributed by atoms with Crippen LogP contribution in [0.2, 0.25) is 0 Å². The second-order valence-corrected chi connectivity index (χ2v) is 11.3. The molecule has 1 amide bonds. The SMILES string of the molecule is CCCCCN(C(=O)C1=CN=C(C(C)(C)C)CC1=O)C12CC3CC(CC(C3)C1)C2. The molecule has 0 atom stereocenters. The van der Waals surface area contributed by atoms with Crippen molar-refractivity contribution in [3.05, 3.63) is 11.8 Å². The molecule has 0 aromatic carbocycles. The van der Waals surface area contributed by atoms with Gasteiger partial charge in [-0.05, 0) is 62.7 Å². The third kappa shape index (κ3) is 3.96. The summed E-state index contributed by atoms with van der Waals surface area (Å²) in [5, 5.41) is 0. The molecule has 0 N–H and O–H groups in total. The molecule has 0 aromatic heterocycles. The minimum Gasteiger partial charge on any atom is -0.333 e. The van der Waals surface area contributed by atoms with Crippen molar-refractivity contribution in [2.24, 2.45) is 28.2 Å². The highest BCUT2D eigenvalue weighted by Gasteiger charge is 2.55. The Labute approximate surface area is 176 Å². The number of rotatable bonds is 6. The van der Waals surface area contributed by atoms with Crippen LogP contribution in [0.3, 0.4) is 0 Å². The fraction of sp³-hybridized carbons (Fsp3) is 0.800. The lowest BCUT2D eigenvalue weighted by molar-refractivity contribution is -0.147. The second-order valence-electron chi connectivity index (χ2n) is 11.3. The zero-order valence-electron chi connectivity index (χ0n) is 18.8. The molecule has 4 fully saturated rings. The van der Waals surface area contributed by atoms with Crippen LogP contribution in [0, 0.1) is 23.2 Å². The second kappa shape index (κ2) is 7.67. The van der Waals surface area contributed by atoms with Crippen LogP contribution in [0.15, 0.2) is 16.8 Å². The van der Waals surface area contributed by atoms with Crippen molar-refractivity contribution in [3.63, 3.8) is 0 Å². The highest BCUT2D eigenvalue weighted by atomic mass is 16.2. The maximum atomic E-state index is 13.7. The molecular formula is C25H38N2O2. The number of hydrogen-bond acceptors (Lipinski definition) is 3. The van der Waals surface area contributed by atoms with Gasteiger partial charge >= 0.3 is 0 Å². The summed E-state index contributed by atoms with van der Waals surface area (Å²) in [6.45, 7) is 9.22. The van der Waals surface area contributed by atoms with Gasteiger partial charge in [-0.2, -0.15) is 0 Å². The predicted octanol–water partition coefficient (Wildman–Crippen LogP) is 5.32. The van der Waals surface area contributed by atoms with Crippen molar-refractivity contribution in [1.29, 1.82) is 0 Å². The molecule has 1 aliphatic heterocycles. The molecule has 5 aliphatic rings. The van der Waals surface area contributed by atoms with Crippen molar-refractivity contribution < 1.29 is 9.59 Å². The first-order valence-electron chi connectivity index (χ1n) is 11.8. The Bertz CT molecular complexity index is 705. The predicted molar refractivity (Wildman–Crippen MR) is 117 cm³/mol. The van der Waals surface area contributed by atoms with E-state index in [-0.39, 0.29) is 29.1 Å². The number of carbonyl (C=O) groups is 2. The Morgan fingerprint density at radius 3 is 2.17 bits per heavy atom. The van der Waals surface area contributed by atoms with Crippen LogP contribution in [-0.4, -0.2) is 34.4 Å². The number of Topliss-reactive ketones (excluding diaryl/α,β-unsaturated/α-hetero) is 1. The number of hydrogen-bond donors (Lipinski definition) is 0. The Morgan fingerprint density at radius 2 is 1.69 bits per heavy atom. The molecule has 0 aromatic rings. The van der Waals surface area contributed by atoms with E-state index in [0.717, 1.165) is 68.5 Å². The van der Waals surface area contributed by atoms with Gasteiger partial charge in [0.2, 0.25) is 0 Å². The molecule has 4 heteroatoms. The summed E-state index contributed by atoms with van der Waals surface area (Å²) < 4.78 is 0. The topological polar surface area (TPSA) is 49.7 Å². The van der Waals surface area contributed by atoms with E-state index in [2.05, 4.69) is 37.6 Å². The van der Waals surface area contributed by atoms with Crippen LogP contribution in [0.25, 0.3) is 0 Å². The standard InChI is InChI=1S/C25H38N2O2/c1-5-6-7-8-27(25-13-17-9-18(14-25)11-19(10-17)15-25)23(29)20-16-26-22(12-21(20)28)24(2,3)4/h16-19H,5-15H2,1-4H3. The molecule has 5 rings (SSSR count). The van der Waals surface area contributed by atoms with Crippen LogP contribution < -0.4 is 0 Å². The van der Waals surface area contributed by atoms with Gasteiger partial charge in [-0.25, -0.2) is 0 Å². The Kier molecular flexibility index (Phi) is 5.50. The minimum atomic E-state index is -0.137. The average molecular weight is 399 g/mol. The van der Waals surface area contributed by atoms with Gasteiger partial charge in [0.1, 0.15) is 5.57 Å². The van der Waals surface area contributed by atoms with Crippen LogP contribution in [-0.2, 0) is 9.59 Å². The van der Waals surface area contributed by atoms with Gasteiger partial charge in [0.05, 0.1) is 6.42 Å². The summed E-state index contributed by atoms with van der Waals surface area (Å²) in [6, 6.07) is 0. The van der Waals surface area contributed by atoms with Crippen LogP contribution in [0.1, 0.15) is 91.9 Å². The molecule has 4 bridgehead atoms. The smallest absolute Gasteiger partial charge is 0.259 e. The Morgan fingerprint density at radius 1 is 1.10 bits per heavy atom. The fourth-order valence-electron chi connectivity index (χ4n) is 6.76. The van der Waals surface area contributed by atoms with E-state index < -0.39 is 0 Å². The lowest BCUT2D eigenvalue weighted by atomic mass is 9.52. The van der Waals surface area contributed by atoms with E-state index in [9.17, 15) is 9.59 Å². The molecule has 0 spiro atoms. The average Bonchev–Trinajstić information content (AvgIpc) is 2.62. The largest absolute Gasteiger partial charge is 0.333 e. The van der Waals surface area contributed by atoms with Gasteiger partial charge in [0, 0.05) is 29.4 Å². The van der Waals surface area contributed by atoms with Crippen molar-refractivity contribution in [2.75, 3.05) is 6.54 Å². The first-order valence-corrected chi connectivity index (χ1v) is 11.8. The Hall–Kier alpha value is -1.45. The number of amides is 1. The normalized spacial score (nSPS) is 33.5. The van der Waals surface area contributed by atoms with Crippen molar-refractivity contribution in [1.82, 2.24) is 4.90 Å². The fourth-order valence-corrected chi connectivity index (χ4v) is 6.76. The minimum absolute atomic E-state index is 0.00524. The van der Waals surface area contributed by atoms with Crippen LogP contribution >= 0.6 is 0 Å². The first kappa shape index (κ1) is 20.8. The number of unbranched alkanes of at least 4 members (excludes halogenated alkanes) is 2. The van der Waals surface area contributed by atoms with Crippen molar-refractivity contribution >= 4 is 17.4 Å². The van der Waals surface area contributed by atoms with Gasteiger partial charge in [0.25, 0.3) is 5.91 Å². The molecule has 0 saturated heterocycles. The molecule has 4 aliphatic carbocycles. The number of nitrogens with zero attached hydrogens (tertiary/aromatic N) is 2. The van der Waals surface area contributed by atoms with Gasteiger partial charge < -0.3 is 4.90 Å². The van der Waals surface area contributed by atoms with E-state index in [1.807, 2.05) is 0 Å². The third-order valence-electron chi connectivity index (χ3n) is 7.88. The van der Waals surface area contributed by atoms with Crippen molar-refractivity contribution in [2.45, 2.75) is 97.4 Å². The maximum absolute atomic E-state index is 13.7. The van der Waals surface area contributed by atoms with Gasteiger partial charge in [-0.15, -0.1) is 0 Å². The highest BCUT2D eigenvalue weighted by molar-refractivity contribution is 6.25. The molecule has 4 saturated carbocycles. The number of carbonyl (C=O) groups excluding carboxylic acids is 2. The summed E-state index contributed by atoms with van der Waals surface area (Å²) >= 11 is 0. The summed E-state index contributed by atoms with van der Waals surface area (Å²) in [6.07, 6.45) is 12.7. The molecule has 0 unspecified atom stereocenters. The molecule has 29 heavy (non-hydrogen) atoms. The molecule has 1 heterocycles. The maximum Gasteiger partial charge on any atom is 0.259 e. The summed E-state index contributed by atoms with van der Waals surface area (Å²) in [5.74, 6) is 2.27. The lowest BCUT2D eigenvalue weighted by Crippen LogP contribution is -2.62. The van der Waals surface area contributed by atoms with Gasteiger partial charge in [0.15, 0.2) is 5.78 Å². The quantitative estimate of drug-likeness (QED) is 0.449. The number of aliphatic imine (C=N–C) groups is 1. The van der Waals surface area contributed by atoms with E-state index in [0.29, 0.717) is 5.57 Å². The third-order valence-corrected chi connectivity index (χ3v) is 7.88. The van der Waals surface area contributed by atoms with E-state index >= 15 is 0 Å². The van der Waals surface area contributed by atoms with Crippen molar-refractivity contribution in [3.8, 4) is 0 Å². The zero-order chi connectivity index (χ0) is 20.8. The first-order chi connectivity index (χ1) is 13.7. The van der Waals surface area contributed by atoms with Crippen LogP contribution in [0.5, 0.6) is 0 Å². The highest BCUT2D eigenvalue weighted by Crippen LogP contribution is 2.58. The molecule has 160 valence electrons. The molecule has 0 radical (unpaired) electrons. The van der Waals surface area contributed by atoms with Gasteiger partial charge in [-0.3, -0.25) is 14.6 Å². The molecule has 4 nitrogen and oxygen atoms in total.